The molecule has 2 amide bonds. The van der Waals surface area contributed by atoms with E-state index in [-0.39, 0.29) is 11.8 Å². The van der Waals surface area contributed by atoms with Crippen LogP contribution in [0.3, 0.4) is 0 Å². The summed E-state index contributed by atoms with van der Waals surface area (Å²) in [5.41, 5.74) is 2.19. The van der Waals surface area contributed by atoms with Crippen molar-refractivity contribution in [3.05, 3.63) is 60.2 Å². The van der Waals surface area contributed by atoms with Crippen molar-refractivity contribution in [3.63, 3.8) is 0 Å². The van der Waals surface area contributed by atoms with Gasteiger partial charge in [0.1, 0.15) is 0 Å². The van der Waals surface area contributed by atoms with Crippen LogP contribution in [-0.2, 0) is 16.1 Å². The highest BCUT2D eigenvalue weighted by Gasteiger charge is 2.50. The minimum atomic E-state index is -1.11. The fraction of sp³-hybridized carbons (Fsp3) is 0.391. The van der Waals surface area contributed by atoms with Gasteiger partial charge in [-0.25, -0.2) is 0 Å². The molecule has 29 heavy (non-hydrogen) atoms. The lowest BCUT2D eigenvalue weighted by Gasteiger charge is -2.43. The van der Waals surface area contributed by atoms with Crippen LogP contribution in [0.2, 0.25) is 0 Å². The van der Waals surface area contributed by atoms with Crippen molar-refractivity contribution < 1.29 is 9.59 Å². The number of rotatable bonds is 4. The molecular formula is C23H27N3O2S. The Bertz CT molecular complexity index is 896. The van der Waals surface area contributed by atoms with Crippen LogP contribution in [0.4, 0.5) is 5.69 Å². The molecule has 2 aromatic rings. The Balaban J connectivity index is 1.46. The smallest absolute Gasteiger partial charge is 0.252 e. The van der Waals surface area contributed by atoms with E-state index in [1.165, 1.54) is 17.3 Å². The highest BCUT2D eigenvalue weighted by Crippen LogP contribution is 2.46. The molecule has 1 saturated heterocycles. The van der Waals surface area contributed by atoms with Crippen LogP contribution in [0.1, 0.15) is 19.4 Å². The maximum absolute atomic E-state index is 13.5. The van der Waals surface area contributed by atoms with Gasteiger partial charge in [0, 0.05) is 44.2 Å². The number of carbonyl (C=O) groups is 2. The molecule has 0 saturated carbocycles. The van der Waals surface area contributed by atoms with E-state index in [0.717, 1.165) is 30.2 Å². The molecule has 2 aliphatic rings. The van der Waals surface area contributed by atoms with Crippen molar-refractivity contribution in [2.45, 2.75) is 30.0 Å². The fourth-order valence-electron chi connectivity index (χ4n) is 4.10. The molecule has 0 aromatic heterocycles. The lowest BCUT2D eigenvalue weighted by molar-refractivity contribution is -0.139. The topological polar surface area (TPSA) is 43.9 Å². The molecule has 2 heterocycles. The van der Waals surface area contributed by atoms with E-state index in [4.69, 9.17) is 0 Å². The van der Waals surface area contributed by atoms with Crippen molar-refractivity contribution in [2.24, 2.45) is 0 Å². The number of fused-ring (bicyclic) bond motifs is 1. The van der Waals surface area contributed by atoms with E-state index in [1.54, 1.807) is 11.8 Å². The molecule has 0 aliphatic carbocycles. The van der Waals surface area contributed by atoms with Gasteiger partial charge in [0.15, 0.2) is 4.75 Å². The zero-order valence-electron chi connectivity index (χ0n) is 17.0. The predicted octanol–water partition coefficient (Wildman–Crippen LogP) is 3.25. The summed E-state index contributed by atoms with van der Waals surface area (Å²) in [7, 11) is 0. The number of benzene rings is 2. The monoisotopic (exact) mass is 409 g/mol. The van der Waals surface area contributed by atoms with Crippen molar-refractivity contribution >= 4 is 29.3 Å². The largest absolute Gasteiger partial charge is 0.338 e. The van der Waals surface area contributed by atoms with Gasteiger partial charge in [-0.3, -0.25) is 14.5 Å². The number of carbonyl (C=O) groups excluding carboxylic acids is 2. The Morgan fingerprint density at radius 2 is 1.66 bits per heavy atom. The summed E-state index contributed by atoms with van der Waals surface area (Å²) in [4.78, 5) is 33.7. The third-order valence-electron chi connectivity index (χ3n) is 5.76. The van der Waals surface area contributed by atoms with Crippen LogP contribution in [0.5, 0.6) is 0 Å². The van der Waals surface area contributed by atoms with E-state index >= 15 is 0 Å². The number of hydrogen-bond acceptors (Lipinski definition) is 4. The fourth-order valence-corrected chi connectivity index (χ4v) is 5.38. The average molecular weight is 410 g/mol. The normalized spacial score (nSPS) is 22.5. The van der Waals surface area contributed by atoms with Crippen LogP contribution in [-0.4, -0.2) is 59.1 Å². The van der Waals surface area contributed by atoms with Crippen LogP contribution < -0.4 is 4.90 Å². The molecule has 0 spiro atoms. The maximum Gasteiger partial charge on any atom is 0.252 e. The SMILES string of the molecule is CCN1C(=O)C(C)(C(=O)N2CCN(Cc3ccccc3)CC2)Sc2ccccc21. The highest BCUT2D eigenvalue weighted by molar-refractivity contribution is 8.02. The van der Waals surface area contributed by atoms with Crippen molar-refractivity contribution in [3.8, 4) is 0 Å². The van der Waals surface area contributed by atoms with Gasteiger partial charge in [0.25, 0.3) is 5.91 Å². The second-order valence-electron chi connectivity index (χ2n) is 7.71. The van der Waals surface area contributed by atoms with Crippen molar-refractivity contribution in [2.75, 3.05) is 37.6 Å². The number of hydrogen-bond donors (Lipinski definition) is 0. The molecule has 2 aliphatic heterocycles. The zero-order valence-corrected chi connectivity index (χ0v) is 17.8. The Morgan fingerprint density at radius 3 is 2.34 bits per heavy atom. The predicted molar refractivity (Wildman–Crippen MR) is 117 cm³/mol. The minimum absolute atomic E-state index is 0.0696. The van der Waals surface area contributed by atoms with Crippen molar-refractivity contribution in [1.82, 2.24) is 9.80 Å². The number of nitrogens with zero attached hydrogens (tertiary/aromatic N) is 3. The van der Waals surface area contributed by atoms with Gasteiger partial charge in [-0.2, -0.15) is 0 Å². The molecule has 0 bridgehead atoms. The first kappa shape index (κ1) is 20.0. The van der Waals surface area contributed by atoms with Gasteiger partial charge in [0.05, 0.1) is 5.69 Å². The highest BCUT2D eigenvalue weighted by atomic mass is 32.2. The Morgan fingerprint density at radius 1 is 1.00 bits per heavy atom. The second-order valence-corrected chi connectivity index (χ2v) is 9.17. The second kappa shape index (κ2) is 8.20. The number of amides is 2. The van der Waals surface area contributed by atoms with E-state index < -0.39 is 4.75 Å². The molecule has 0 radical (unpaired) electrons. The van der Waals surface area contributed by atoms with Crippen LogP contribution in [0, 0.1) is 0 Å². The number of anilines is 1. The van der Waals surface area contributed by atoms with Crippen LogP contribution >= 0.6 is 11.8 Å². The molecule has 1 atom stereocenters. The molecular weight excluding hydrogens is 382 g/mol. The van der Waals surface area contributed by atoms with E-state index in [2.05, 4.69) is 29.2 Å². The maximum atomic E-state index is 13.5. The quantitative estimate of drug-likeness (QED) is 0.727. The molecule has 2 aromatic carbocycles. The summed E-state index contributed by atoms with van der Waals surface area (Å²) < 4.78 is -1.11. The first-order valence-electron chi connectivity index (χ1n) is 10.2. The summed E-state index contributed by atoms with van der Waals surface area (Å²) in [5, 5.41) is 0. The Hall–Kier alpha value is -2.31. The third-order valence-corrected chi connectivity index (χ3v) is 7.08. The minimum Gasteiger partial charge on any atom is -0.338 e. The standard InChI is InChI=1S/C23H27N3O2S/c1-3-26-19-11-7-8-12-20(19)29-23(2,22(26)28)21(27)25-15-13-24(14-16-25)17-18-9-5-4-6-10-18/h4-12H,3,13-17H2,1-2H3. The van der Waals surface area contributed by atoms with Gasteiger partial charge in [-0.15, -0.1) is 0 Å². The van der Waals surface area contributed by atoms with E-state index in [9.17, 15) is 9.59 Å². The van der Waals surface area contributed by atoms with Crippen LogP contribution in [0.25, 0.3) is 0 Å². The molecule has 5 nitrogen and oxygen atoms in total. The van der Waals surface area contributed by atoms with Gasteiger partial charge in [-0.05, 0) is 31.5 Å². The average Bonchev–Trinajstić information content (AvgIpc) is 2.75. The van der Waals surface area contributed by atoms with Gasteiger partial charge < -0.3 is 9.80 Å². The lowest BCUT2D eigenvalue weighted by atomic mass is 10.1. The van der Waals surface area contributed by atoms with E-state index in [1.807, 2.05) is 42.2 Å². The van der Waals surface area contributed by atoms with Crippen molar-refractivity contribution in [1.29, 1.82) is 0 Å². The summed E-state index contributed by atoms with van der Waals surface area (Å²) in [6.45, 7) is 8.16. The molecule has 1 fully saturated rings. The third kappa shape index (κ3) is 3.79. The summed E-state index contributed by atoms with van der Waals surface area (Å²) in [6.07, 6.45) is 0. The number of para-hydroxylation sites is 1. The van der Waals surface area contributed by atoms with Gasteiger partial charge in [0.2, 0.25) is 5.91 Å². The molecule has 4 rings (SSSR count). The first-order valence-corrected chi connectivity index (χ1v) is 11.0. The number of piperazine rings is 1. The molecule has 1 unspecified atom stereocenters. The van der Waals surface area contributed by atoms with E-state index in [0.29, 0.717) is 19.6 Å². The first-order chi connectivity index (χ1) is 14.0. The summed E-state index contributed by atoms with van der Waals surface area (Å²) in [6, 6.07) is 18.2. The summed E-state index contributed by atoms with van der Waals surface area (Å²) in [5.74, 6) is -0.180. The number of thioether (sulfide) groups is 1. The van der Waals surface area contributed by atoms with Gasteiger partial charge >= 0.3 is 0 Å². The molecule has 6 heteroatoms. The molecule has 0 N–H and O–H groups in total. The summed E-state index contributed by atoms with van der Waals surface area (Å²) >= 11 is 1.40. The van der Waals surface area contributed by atoms with Gasteiger partial charge in [-0.1, -0.05) is 54.2 Å². The zero-order chi connectivity index (χ0) is 20.4. The lowest BCUT2D eigenvalue weighted by Crippen LogP contribution is -2.60. The molecule has 152 valence electrons. The van der Waals surface area contributed by atoms with Crippen LogP contribution in [0.15, 0.2) is 59.5 Å². The Kier molecular flexibility index (Phi) is 5.65. The Labute approximate surface area is 176 Å².